The second kappa shape index (κ2) is 8.68. The number of nitrogens with zero attached hydrogens (tertiary/aromatic N) is 1. The molecule has 2 aromatic carbocycles. The molecule has 0 spiro atoms. The van der Waals surface area contributed by atoms with Gasteiger partial charge in [-0.05, 0) is 42.8 Å². The molecular formula is C22H17ClN2O3. The number of carbonyl (C=O) groups is 1. The molecule has 1 heterocycles. The van der Waals surface area contributed by atoms with Crippen LogP contribution in [-0.2, 0) is 0 Å². The summed E-state index contributed by atoms with van der Waals surface area (Å²) in [6.45, 7) is 1.81. The lowest BCUT2D eigenvalue weighted by Crippen LogP contribution is -2.15. The molecule has 6 heteroatoms. The maximum absolute atomic E-state index is 12.5. The molecule has 0 bridgehead atoms. The van der Waals surface area contributed by atoms with Gasteiger partial charge >= 0.3 is 0 Å². The smallest absolute Gasteiger partial charge is 0.258 e. The Labute approximate surface area is 167 Å². The molecule has 0 atom stereocenters. The number of halogens is 1. The highest BCUT2D eigenvalue weighted by atomic mass is 35.5. The molecule has 3 N–H and O–H groups in total. The minimum atomic E-state index is -1.69. The second-order valence-corrected chi connectivity index (χ2v) is 6.48. The summed E-state index contributed by atoms with van der Waals surface area (Å²) in [6, 6.07) is 15.6. The van der Waals surface area contributed by atoms with Gasteiger partial charge in [-0.2, -0.15) is 0 Å². The maximum Gasteiger partial charge on any atom is 0.258 e. The predicted octanol–water partition coefficient (Wildman–Crippen LogP) is 3.68. The van der Waals surface area contributed by atoms with Gasteiger partial charge in [-0.25, -0.2) is 4.98 Å². The fourth-order valence-electron chi connectivity index (χ4n) is 2.49. The van der Waals surface area contributed by atoms with E-state index in [2.05, 4.69) is 22.1 Å². The average Bonchev–Trinajstić information content (AvgIpc) is 2.69. The van der Waals surface area contributed by atoms with Gasteiger partial charge in [0.15, 0.2) is 6.29 Å². The topological polar surface area (TPSA) is 82.5 Å². The van der Waals surface area contributed by atoms with E-state index in [1.54, 1.807) is 6.20 Å². The van der Waals surface area contributed by atoms with Gasteiger partial charge in [0.1, 0.15) is 5.82 Å². The van der Waals surface area contributed by atoms with Crippen molar-refractivity contribution >= 4 is 23.3 Å². The fraction of sp³-hybridized carbons (Fsp3) is 0.0909. The molecule has 0 radical (unpaired) electrons. The highest BCUT2D eigenvalue weighted by Crippen LogP contribution is 2.22. The number of anilines is 1. The summed E-state index contributed by atoms with van der Waals surface area (Å²) in [5, 5.41) is 21.4. The number of hydrogen-bond donors (Lipinski definition) is 3. The lowest BCUT2D eigenvalue weighted by Gasteiger charge is -2.11. The third-order valence-electron chi connectivity index (χ3n) is 3.97. The summed E-state index contributed by atoms with van der Waals surface area (Å²) in [5.74, 6) is 5.98. The largest absolute Gasteiger partial charge is 0.364 e. The van der Waals surface area contributed by atoms with Crippen molar-refractivity contribution in [2.75, 3.05) is 5.32 Å². The number of amides is 1. The van der Waals surface area contributed by atoms with Crippen LogP contribution < -0.4 is 5.32 Å². The Morgan fingerprint density at radius 2 is 1.79 bits per heavy atom. The van der Waals surface area contributed by atoms with Crippen LogP contribution in [0.25, 0.3) is 0 Å². The lowest BCUT2D eigenvalue weighted by molar-refractivity contribution is -0.0424. The zero-order valence-electron chi connectivity index (χ0n) is 15.0. The number of pyridine rings is 1. The van der Waals surface area contributed by atoms with Gasteiger partial charge in [-0.15, -0.1) is 0 Å². The summed E-state index contributed by atoms with van der Waals surface area (Å²) in [6.07, 6.45) is -0.111. The van der Waals surface area contributed by atoms with E-state index < -0.39 is 12.2 Å². The van der Waals surface area contributed by atoms with E-state index in [9.17, 15) is 15.0 Å². The van der Waals surface area contributed by atoms with Gasteiger partial charge < -0.3 is 15.5 Å². The molecular weight excluding hydrogens is 376 g/mol. The summed E-state index contributed by atoms with van der Waals surface area (Å²) < 4.78 is 0. The van der Waals surface area contributed by atoms with Crippen LogP contribution in [-0.4, -0.2) is 21.1 Å². The van der Waals surface area contributed by atoms with Crippen LogP contribution in [0.15, 0.2) is 60.8 Å². The molecule has 5 nitrogen and oxygen atoms in total. The van der Waals surface area contributed by atoms with Crippen molar-refractivity contribution in [3.8, 4) is 11.8 Å². The molecule has 28 heavy (non-hydrogen) atoms. The number of rotatable bonds is 3. The highest BCUT2D eigenvalue weighted by Gasteiger charge is 2.15. The lowest BCUT2D eigenvalue weighted by atomic mass is 10.1. The summed E-state index contributed by atoms with van der Waals surface area (Å²) in [5.41, 5.74) is 2.66. The molecule has 0 unspecified atom stereocenters. The van der Waals surface area contributed by atoms with Crippen LogP contribution in [0.4, 0.5) is 5.82 Å². The predicted molar refractivity (Wildman–Crippen MR) is 108 cm³/mol. The molecule has 3 rings (SSSR count). The Kier molecular flexibility index (Phi) is 6.07. The number of hydrogen-bond acceptors (Lipinski definition) is 4. The third-order valence-corrected chi connectivity index (χ3v) is 4.30. The first kappa shape index (κ1) is 19.6. The minimum absolute atomic E-state index is 0.126. The molecule has 140 valence electrons. The highest BCUT2D eigenvalue weighted by molar-refractivity contribution is 6.34. The van der Waals surface area contributed by atoms with Gasteiger partial charge in [0.2, 0.25) is 0 Å². The maximum atomic E-state index is 12.5. The number of benzene rings is 2. The summed E-state index contributed by atoms with van der Waals surface area (Å²) in [7, 11) is 0. The number of carbonyl (C=O) groups excluding carboxylic acids is 1. The Bertz CT molecular complexity index is 1070. The Balaban J connectivity index is 1.79. The molecule has 1 amide bonds. The van der Waals surface area contributed by atoms with E-state index in [0.29, 0.717) is 5.82 Å². The molecule has 3 aromatic rings. The summed E-state index contributed by atoms with van der Waals surface area (Å²) >= 11 is 6.06. The van der Waals surface area contributed by atoms with Gasteiger partial charge in [0, 0.05) is 22.9 Å². The molecule has 0 aliphatic rings. The van der Waals surface area contributed by atoms with E-state index in [1.165, 1.54) is 18.2 Å². The SMILES string of the molecule is Cc1cc(C#Cc2ccccc2)cnc1NC(=O)c1cc(C(O)O)ccc1Cl. The van der Waals surface area contributed by atoms with Crippen molar-refractivity contribution < 1.29 is 15.0 Å². The number of aryl methyl sites for hydroxylation is 1. The number of aliphatic hydroxyl groups excluding tert-OH is 1. The van der Waals surface area contributed by atoms with Gasteiger partial charge in [0.25, 0.3) is 5.91 Å². The second-order valence-electron chi connectivity index (χ2n) is 6.07. The first-order valence-electron chi connectivity index (χ1n) is 8.44. The van der Waals surface area contributed by atoms with Crippen molar-refractivity contribution in [1.29, 1.82) is 0 Å². The third kappa shape index (κ3) is 4.76. The molecule has 0 fully saturated rings. The normalized spacial score (nSPS) is 10.3. The fourth-order valence-corrected chi connectivity index (χ4v) is 2.70. The zero-order chi connectivity index (χ0) is 20.1. The monoisotopic (exact) mass is 392 g/mol. The Hall–Kier alpha value is -3.17. The van der Waals surface area contributed by atoms with Crippen molar-refractivity contribution in [2.24, 2.45) is 0 Å². The van der Waals surface area contributed by atoms with Crippen molar-refractivity contribution in [2.45, 2.75) is 13.2 Å². The quantitative estimate of drug-likeness (QED) is 0.469. The van der Waals surface area contributed by atoms with Crippen LogP contribution in [0.2, 0.25) is 5.02 Å². The average molecular weight is 393 g/mol. The molecule has 0 saturated carbocycles. The summed E-state index contributed by atoms with van der Waals surface area (Å²) in [4.78, 5) is 16.8. The van der Waals surface area contributed by atoms with Crippen molar-refractivity contribution in [1.82, 2.24) is 4.98 Å². The first-order valence-corrected chi connectivity index (χ1v) is 8.82. The number of aliphatic hydroxyl groups is 2. The van der Waals surface area contributed by atoms with Crippen LogP contribution >= 0.6 is 11.6 Å². The number of nitrogens with one attached hydrogen (secondary N) is 1. The minimum Gasteiger partial charge on any atom is -0.364 e. The Morgan fingerprint density at radius 1 is 1.07 bits per heavy atom. The van der Waals surface area contributed by atoms with Crippen LogP contribution in [0.5, 0.6) is 0 Å². The van der Waals surface area contributed by atoms with E-state index >= 15 is 0 Å². The van der Waals surface area contributed by atoms with Crippen LogP contribution in [0.1, 0.15) is 38.9 Å². The van der Waals surface area contributed by atoms with Crippen LogP contribution in [0, 0.1) is 18.8 Å². The Morgan fingerprint density at radius 3 is 2.46 bits per heavy atom. The molecule has 1 aromatic heterocycles. The van der Waals surface area contributed by atoms with E-state index in [1.807, 2.05) is 43.3 Å². The molecule has 0 aliphatic carbocycles. The first-order chi connectivity index (χ1) is 13.4. The van der Waals surface area contributed by atoms with E-state index in [4.69, 9.17) is 11.6 Å². The standard InChI is InChI=1S/C22H17ClN2O3/c1-14-11-16(8-7-15-5-3-2-4-6-15)13-24-20(14)25-21(26)18-12-17(22(27)28)9-10-19(18)23/h2-6,9-13,22,27-28H,1H3,(H,24,25,26). The zero-order valence-corrected chi connectivity index (χ0v) is 15.7. The van der Waals surface area contributed by atoms with Gasteiger partial charge in [-0.1, -0.05) is 47.7 Å². The van der Waals surface area contributed by atoms with E-state index in [0.717, 1.165) is 16.7 Å². The van der Waals surface area contributed by atoms with E-state index in [-0.39, 0.29) is 16.1 Å². The molecule has 0 saturated heterocycles. The number of aromatic nitrogens is 1. The van der Waals surface area contributed by atoms with Gasteiger partial charge in [0.05, 0.1) is 10.6 Å². The van der Waals surface area contributed by atoms with Gasteiger partial charge in [-0.3, -0.25) is 4.79 Å². The van der Waals surface area contributed by atoms with Crippen molar-refractivity contribution in [3.63, 3.8) is 0 Å². The van der Waals surface area contributed by atoms with Crippen molar-refractivity contribution in [3.05, 3.63) is 93.6 Å². The van der Waals surface area contributed by atoms with Crippen LogP contribution in [0.3, 0.4) is 0 Å². The molecule has 0 aliphatic heterocycles.